The van der Waals surface area contributed by atoms with Crippen LogP contribution in [0.15, 0.2) is 47.5 Å². The average molecular weight is 313 g/mol. The Morgan fingerprint density at radius 3 is 2.68 bits per heavy atom. The molecule has 0 aliphatic carbocycles. The number of benzene rings is 2. The van der Waals surface area contributed by atoms with E-state index >= 15 is 0 Å². The van der Waals surface area contributed by atoms with Crippen molar-refractivity contribution in [1.82, 2.24) is 10.3 Å². The van der Waals surface area contributed by atoms with Gasteiger partial charge in [0, 0.05) is 5.41 Å². The predicted octanol–water partition coefficient (Wildman–Crippen LogP) is 2.82. The first-order valence-electron chi connectivity index (χ1n) is 6.76. The van der Waals surface area contributed by atoms with Crippen LogP contribution < -0.4 is 11.3 Å². The van der Waals surface area contributed by atoms with Crippen LogP contribution in [0.25, 0.3) is 10.8 Å². The minimum absolute atomic E-state index is 0.308. The number of carbonyl (C=O) groups excluding carboxylic acids is 2. The molecule has 3 rings (SSSR count). The van der Waals surface area contributed by atoms with Gasteiger partial charge < -0.3 is 0 Å². The molecule has 0 spiro atoms. The fourth-order valence-electron chi connectivity index (χ4n) is 2.67. The number of aryl methyl sites for hydroxylation is 1. The van der Waals surface area contributed by atoms with Crippen molar-refractivity contribution in [2.24, 2.45) is 5.84 Å². The molecule has 0 radical (unpaired) electrons. The molecule has 3 N–H and O–H groups in total. The molecule has 1 atom stereocenters. The Bertz CT molecular complexity index is 788. The molecule has 6 heteroatoms. The number of hydrazine groups is 1. The van der Waals surface area contributed by atoms with Gasteiger partial charge in [-0.2, -0.15) is 0 Å². The quantitative estimate of drug-likeness (QED) is 0.387. The number of hydrogen-bond acceptors (Lipinski definition) is 4. The van der Waals surface area contributed by atoms with Gasteiger partial charge >= 0.3 is 6.03 Å². The van der Waals surface area contributed by atoms with Gasteiger partial charge in [0.25, 0.3) is 0 Å². The third-order valence-corrected chi connectivity index (χ3v) is 4.84. The molecule has 112 valence electrons. The third-order valence-electron chi connectivity index (χ3n) is 3.74. The molecule has 0 saturated carbocycles. The van der Waals surface area contributed by atoms with Gasteiger partial charge in [0.15, 0.2) is 6.29 Å². The topological polar surface area (TPSA) is 75.4 Å². The zero-order valence-electron chi connectivity index (χ0n) is 11.9. The molecule has 1 heterocycles. The number of hydrogen-bond donors (Lipinski definition) is 2. The number of allylic oxidation sites excluding steroid dienone is 1. The minimum atomic E-state index is -0.502. The molecule has 2 aromatic rings. The van der Waals surface area contributed by atoms with E-state index in [1.165, 1.54) is 22.2 Å². The summed E-state index contributed by atoms with van der Waals surface area (Å²) in [5.74, 6) is 5.25. The van der Waals surface area contributed by atoms with E-state index in [4.69, 9.17) is 5.84 Å². The van der Waals surface area contributed by atoms with Crippen LogP contribution in [-0.2, 0) is 4.79 Å². The molecule has 5 nitrogen and oxygen atoms in total. The largest absolute Gasteiger partial charge is 0.337 e. The number of carbonyl (C=O) groups is 2. The maximum absolute atomic E-state index is 12.0. The number of aldehydes is 1. The molecular weight excluding hydrogens is 298 g/mol. The monoisotopic (exact) mass is 313 g/mol. The number of nitrogens with one attached hydrogen (secondary N) is 1. The molecule has 1 aliphatic heterocycles. The van der Waals surface area contributed by atoms with Gasteiger partial charge in [-0.3, -0.25) is 15.1 Å². The van der Waals surface area contributed by atoms with E-state index in [0.717, 1.165) is 16.3 Å². The van der Waals surface area contributed by atoms with Crippen LogP contribution in [0.2, 0.25) is 0 Å². The third kappa shape index (κ3) is 2.26. The minimum Gasteiger partial charge on any atom is -0.296 e. The summed E-state index contributed by atoms with van der Waals surface area (Å²) in [7, 11) is 0. The van der Waals surface area contributed by atoms with Gasteiger partial charge in [-0.25, -0.2) is 10.6 Å². The fraction of sp³-hybridized carbons (Fsp3) is 0.125. The van der Waals surface area contributed by atoms with E-state index in [-0.39, 0.29) is 5.37 Å². The number of rotatable bonds is 2. The average Bonchev–Trinajstić information content (AvgIpc) is 2.98. The maximum atomic E-state index is 12.0. The molecule has 22 heavy (non-hydrogen) atoms. The van der Waals surface area contributed by atoms with E-state index in [1.807, 2.05) is 37.3 Å². The van der Waals surface area contributed by atoms with Crippen LogP contribution in [0.3, 0.4) is 0 Å². The van der Waals surface area contributed by atoms with Crippen molar-refractivity contribution in [2.45, 2.75) is 12.3 Å². The molecule has 0 fully saturated rings. The normalized spacial score (nSPS) is 17.5. The Kier molecular flexibility index (Phi) is 3.87. The molecule has 0 aromatic heterocycles. The summed E-state index contributed by atoms with van der Waals surface area (Å²) in [6.07, 6.45) is 0.665. The van der Waals surface area contributed by atoms with Crippen molar-refractivity contribution < 1.29 is 9.59 Å². The number of nitrogens with zero attached hydrogens (tertiary/aromatic N) is 1. The Labute approximate surface area is 132 Å². The van der Waals surface area contributed by atoms with Crippen molar-refractivity contribution in [1.29, 1.82) is 0 Å². The summed E-state index contributed by atoms with van der Waals surface area (Å²) in [5.41, 5.74) is 4.55. The summed E-state index contributed by atoms with van der Waals surface area (Å²) >= 11 is 1.42. The van der Waals surface area contributed by atoms with Gasteiger partial charge in [0.1, 0.15) is 5.37 Å². The molecule has 0 saturated heterocycles. The second kappa shape index (κ2) is 5.82. The highest BCUT2D eigenvalue weighted by Crippen LogP contribution is 2.44. The summed E-state index contributed by atoms with van der Waals surface area (Å²) in [6, 6.07) is 11.5. The first-order valence-corrected chi connectivity index (χ1v) is 7.70. The first-order chi connectivity index (χ1) is 10.7. The van der Waals surface area contributed by atoms with E-state index in [9.17, 15) is 9.59 Å². The highest BCUT2D eigenvalue weighted by atomic mass is 32.2. The van der Waals surface area contributed by atoms with Crippen LogP contribution in [0.5, 0.6) is 0 Å². The Balaban J connectivity index is 2.13. The van der Waals surface area contributed by atoms with E-state index in [2.05, 4.69) is 11.5 Å². The number of thioether (sulfide) groups is 1. The summed E-state index contributed by atoms with van der Waals surface area (Å²) in [4.78, 5) is 24.6. The highest BCUT2D eigenvalue weighted by Gasteiger charge is 2.33. The smallest absolute Gasteiger partial charge is 0.296 e. The molecule has 1 unspecified atom stereocenters. The Morgan fingerprint density at radius 1 is 1.27 bits per heavy atom. The number of fused-ring (bicyclic) bond motifs is 1. The van der Waals surface area contributed by atoms with E-state index in [0.29, 0.717) is 12.0 Å². The second-order valence-corrected chi connectivity index (χ2v) is 5.94. The lowest BCUT2D eigenvalue weighted by Gasteiger charge is -2.26. The lowest BCUT2D eigenvalue weighted by Crippen LogP contribution is -2.42. The van der Waals surface area contributed by atoms with Gasteiger partial charge in [0.2, 0.25) is 0 Å². The van der Waals surface area contributed by atoms with Crippen LogP contribution >= 0.6 is 11.8 Å². The van der Waals surface area contributed by atoms with E-state index in [1.54, 1.807) is 5.41 Å². The Hall–Kier alpha value is -2.31. The van der Waals surface area contributed by atoms with Crippen molar-refractivity contribution in [3.8, 4) is 0 Å². The predicted molar refractivity (Wildman–Crippen MR) is 87.7 cm³/mol. The van der Waals surface area contributed by atoms with Crippen LogP contribution in [0.4, 0.5) is 4.79 Å². The molecule has 0 bridgehead atoms. The molecule has 2 aromatic carbocycles. The Morgan fingerprint density at radius 2 is 2.00 bits per heavy atom. The van der Waals surface area contributed by atoms with Crippen molar-refractivity contribution in [3.63, 3.8) is 0 Å². The lowest BCUT2D eigenvalue weighted by molar-refractivity contribution is -0.105. The fourth-order valence-corrected chi connectivity index (χ4v) is 3.79. The van der Waals surface area contributed by atoms with Gasteiger partial charge in [-0.1, -0.05) is 36.4 Å². The lowest BCUT2D eigenvalue weighted by atomic mass is 10.00. The first kappa shape index (κ1) is 14.6. The summed E-state index contributed by atoms with van der Waals surface area (Å²) < 4.78 is 0. The molecular formula is C16H15N3O2S. The van der Waals surface area contributed by atoms with Gasteiger partial charge in [-0.05, 0) is 28.8 Å². The van der Waals surface area contributed by atoms with Crippen molar-refractivity contribution in [3.05, 3.63) is 58.6 Å². The number of amides is 2. The van der Waals surface area contributed by atoms with Gasteiger partial charge in [0.05, 0.1) is 5.70 Å². The number of urea groups is 1. The van der Waals surface area contributed by atoms with Crippen LogP contribution in [0.1, 0.15) is 16.5 Å². The zero-order chi connectivity index (χ0) is 15.7. The van der Waals surface area contributed by atoms with E-state index < -0.39 is 6.03 Å². The molecule has 1 aliphatic rings. The zero-order valence-corrected chi connectivity index (χ0v) is 12.8. The SMILES string of the molecule is Cc1ccc(C2SC=C(C=O)N2C(=O)NN)c2ccccc12. The highest BCUT2D eigenvalue weighted by molar-refractivity contribution is 8.02. The van der Waals surface area contributed by atoms with Gasteiger partial charge in [-0.15, -0.1) is 11.8 Å². The molecule has 2 amide bonds. The summed E-state index contributed by atoms with van der Waals surface area (Å²) in [6.45, 7) is 2.05. The number of nitrogens with two attached hydrogens (primary N) is 1. The second-order valence-electron chi connectivity index (χ2n) is 4.99. The van der Waals surface area contributed by atoms with Crippen molar-refractivity contribution in [2.75, 3.05) is 0 Å². The summed E-state index contributed by atoms with van der Waals surface area (Å²) in [5, 5.41) is 3.57. The van der Waals surface area contributed by atoms with Crippen LogP contribution in [-0.4, -0.2) is 17.2 Å². The standard InChI is InChI=1S/C16H15N3O2S/c1-10-6-7-14(13-5-3-2-4-12(10)13)15-19(16(21)18-17)11(8-20)9-22-15/h2-9,15H,17H2,1H3,(H,18,21). The van der Waals surface area contributed by atoms with Crippen molar-refractivity contribution >= 4 is 34.9 Å². The van der Waals surface area contributed by atoms with Crippen LogP contribution in [0, 0.1) is 6.92 Å². The maximum Gasteiger partial charge on any atom is 0.337 e.